The predicted octanol–water partition coefficient (Wildman–Crippen LogP) is 4.74. The van der Waals surface area contributed by atoms with Crippen LogP contribution < -0.4 is 10.2 Å². The summed E-state index contributed by atoms with van der Waals surface area (Å²) in [5.74, 6) is 1.70. The third kappa shape index (κ3) is 4.02. The maximum atomic E-state index is 4.81. The smallest absolute Gasteiger partial charge is 0.225 e. The minimum absolute atomic E-state index is 0.526. The number of nitrogens with zero attached hydrogens (tertiary/aromatic N) is 3. The van der Waals surface area contributed by atoms with Crippen LogP contribution in [0.15, 0.2) is 66.7 Å². The normalized spacial score (nSPS) is 13.4. The zero-order valence-corrected chi connectivity index (χ0v) is 15.1. The van der Waals surface area contributed by atoms with Gasteiger partial charge in [0.05, 0.1) is 5.69 Å². The average Bonchev–Trinajstić information content (AvgIpc) is 3.51. The first kappa shape index (κ1) is 16.6. The molecule has 4 nitrogen and oxygen atoms in total. The van der Waals surface area contributed by atoms with E-state index in [1.54, 1.807) is 0 Å². The minimum atomic E-state index is 0.526. The highest BCUT2D eigenvalue weighted by atomic mass is 15.2. The molecule has 1 fully saturated rings. The number of hydrogen-bond donors (Lipinski definition) is 1. The summed E-state index contributed by atoms with van der Waals surface area (Å²) in [6.45, 7) is 3.90. The first-order valence-corrected chi connectivity index (χ1v) is 9.32. The Morgan fingerprint density at radius 2 is 1.65 bits per heavy atom. The molecule has 132 valence electrons. The van der Waals surface area contributed by atoms with E-state index in [1.165, 1.54) is 18.4 Å². The molecular formula is C22H24N4. The fourth-order valence-corrected chi connectivity index (χ4v) is 2.99. The van der Waals surface area contributed by atoms with Crippen LogP contribution in [0.4, 0.5) is 11.8 Å². The second kappa shape index (κ2) is 7.56. The van der Waals surface area contributed by atoms with Crippen molar-refractivity contribution >= 4 is 11.8 Å². The minimum Gasteiger partial charge on any atom is -0.352 e. The molecule has 1 aromatic heterocycles. The molecule has 1 heterocycles. The van der Waals surface area contributed by atoms with Crippen molar-refractivity contribution in [2.24, 2.45) is 0 Å². The molecule has 1 N–H and O–H groups in total. The van der Waals surface area contributed by atoms with Crippen LogP contribution in [0.3, 0.4) is 0 Å². The fraction of sp³-hybridized carbons (Fsp3) is 0.273. The Morgan fingerprint density at radius 3 is 2.31 bits per heavy atom. The maximum Gasteiger partial charge on any atom is 0.225 e. The van der Waals surface area contributed by atoms with E-state index in [4.69, 9.17) is 9.97 Å². The quantitative estimate of drug-likeness (QED) is 0.672. The molecule has 3 aromatic rings. The van der Waals surface area contributed by atoms with Gasteiger partial charge < -0.3 is 10.2 Å². The van der Waals surface area contributed by atoms with Crippen LogP contribution in [0.1, 0.15) is 25.3 Å². The van der Waals surface area contributed by atoms with Gasteiger partial charge in [-0.1, -0.05) is 60.7 Å². The SMILES string of the molecule is CCN(Cc1ccccc1)c1cc(-c2ccccc2)nc(NC2CC2)n1. The highest BCUT2D eigenvalue weighted by molar-refractivity contribution is 5.65. The molecule has 4 heteroatoms. The molecule has 0 aliphatic heterocycles. The summed E-state index contributed by atoms with van der Waals surface area (Å²) in [6.07, 6.45) is 2.41. The van der Waals surface area contributed by atoms with Gasteiger partial charge in [0.1, 0.15) is 5.82 Å². The lowest BCUT2D eigenvalue weighted by atomic mass is 10.1. The average molecular weight is 344 g/mol. The molecule has 1 aliphatic carbocycles. The van der Waals surface area contributed by atoms with Crippen LogP contribution in [-0.4, -0.2) is 22.6 Å². The molecular weight excluding hydrogens is 320 g/mol. The lowest BCUT2D eigenvalue weighted by Crippen LogP contribution is -2.24. The zero-order valence-electron chi connectivity index (χ0n) is 15.1. The van der Waals surface area contributed by atoms with Crippen LogP contribution >= 0.6 is 0 Å². The Labute approximate surface area is 154 Å². The first-order valence-electron chi connectivity index (χ1n) is 9.32. The molecule has 0 radical (unpaired) electrons. The van der Waals surface area contributed by atoms with Crippen LogP contribution in [0.25, 0.3) is 11.3 Å². The molecule has 0 atom stereocenters. The van der Waals surface area contributed by atoms with E-state index >= 15 is 0 Å². The largest absolute Gasteiger partial charge is 0.352 e. The summed E-state index contributed by atoms with van der Waals surface area (Å²) in [6, 6.07) is 23.5. The molecule has 0 saturated heterocycles. The van der Waals surface area contributed by atoms with Crippen molar-refractivity contribution in [2.45, 2.75) is 32.4 Å². The van der Waals surface area contributed by atoms with Gasteiger partial charge in [0.25, 0.3) is 0 Å². The molecule has 26 heavy (non-hydrogen) atoms. The van der Waals surface area contributed by atoms with Gasteiger partial charge >= 0.3 is 0 Å². The van der Waals surface area contributed by atoms with Gasteiger partial charge in [0.2, 0.25) is 5.95 Å². The lowest BCUT2D eigenvalue weighted by molar-refractivity contribution is 0.810. The molecule has 0 unspecified atom stereocenters. The predicted molar refractivity (Wildman–Crippen MR) is 107 cm³/mol. The van der Waals surface area contributed by atoms with E-state index in [0.717, 1.165) is 36.1 Å². The first-order chi connectivity index (χ1) is 12.8. The summed E-state index contributed by atoms with van der Waals surface area (Å²) in [7, 11) is 0. The molecule has 0 spiro atoms. The van der Waals surface area contributed by atoms with Crippen LogP contribution in [0.5, 0.6) is 0 Å². The van der Waals surface area contributed by atoms with Gasteiger partial charge in [-0.3, -0.25) is 0 Å². The Balaban J connectivity index is 1.68. The van der Waals surface area contributed by atoms with Crippen molar-refractivity contribution in [1.82, 2.24) is 9.97 Å². The van der Waals surface area contributed by atoms with E-state index in [-0.39, 0.29) is 0 Å². The Bertz CT molecular complexity index is 845. The third-order valence-electron chi connectivity index (χ3n) is 4.61. The summed E-state index contributed by atoms with van der Waals surface area (Å²) in [5.41, 5.74) is 3.36. The van der Waals surface area contributed by atoms with Gasteiger partial charge in [-0.2, -0.15) is 4.98 Å². The molecule has 1 aliphatic rings. The number of hydrogen-bond acceptors (Lipinski definition) is 4. The zero-order chi connectivity index (χ0) is 17.8. The standard InChI is InChI=1S/C22H24N4/c1-2-26(16-17-9-5-3-6-10-17)21-15-20(18-11-7-4-8-12-18)24-22(25-21)23-19-13-14-19/h3-12,15,19H,2,13-14,16H2,1H3,(H,23,24,25). The molecule has 2 aromatic carbocycles. The van der Waals surface area contributed by atoms with Crippen molar-refractivity contribution in [3.63, 3.8) is 0 Å². The lowest BCUT2D eigenvalue weighted by Gasteiger charge is -2.23. The number of anilines is 2. The van der Waals surface area contributed by atoms with Crippen molar-refractivity contribution in [2.75, 3.05) is 16.8 Å². The monoisotopic (exact) mass is 344 g/mol. The Morgan fingerprint density at radius 1 is 0.962 bits per heavy atom. The van der Waals surface area contributed by atoms with Gasteiger partial charge in [0.15, 0.2) is 0 Å². The summed E-state index contributed by atoms with van der Waals surface area (Å²) in [4.78, 5) is 11.9. The maximum absolute atomic E-state index is 4.81. The van der Waals surface area contributed by atoms with Crippen LogP contribution in [-0.2, 0) is 6.54 Å². The molecule has 0 amide bonds. The highest BCUT2D eigenvalue weighted by Gasteiger charge is 2.23. The van der Waals surface area contributed by atoms with E-state index in [9.17, 15) is 0 Å². The van der Waals surface area contributed by atoms with Crippen LogP contribution in [0, 0.1) is 0 Å². The molecule has 1 saturated carbocycles. The summed E-state index contributed by atoms with van der Waals surface area (Å²) >= 11 is 0. The van der Waals surface area contributed by atoms with Crippen molar-refractivity contribution in [1.29, 1.82) is 0 Å². The van der Waals surface area contributed by atoms with Gasteiger partial charge in [-0.05, 0) is 25.3 Å². The van der Waals surface area contributed by atoms with E-state index < -0.39 is 0 Å². The van der Waals surface area contributed by atoms with Gasteiger partial charge in [-0.15, -0.1) is 0 Å². The van der Waals surface area contributed by atoms with Crippen molar-refractivity contribution in [3.05, 3.63) is 72.3 Å². The summed E-state index contributed by atoms with van der Waals surface area (Å²) in [5, 5.41) is 3.46. The van der Waals surface area contributed by atoms with E-state index in [0.29, 0.717) is 6.04 Å². The number of nitrogens with one attached hydrogen (secondary N) is 1. The number of benzene rings is 2. The van der Waals surface area contributed by atoms with Gasteiger partial charge in [-0.25, -0.2) is 4.98 Å². The van der Waals surface area contributed by atoms with Crippen LogP contribution in [0.2, 0.25) is 0 Å². The fourth-order valence-electron chi connectivity index (χ4n) is 2.99. The molecule has 4 rings (SSSR count). The Hall–Kier alpha value is -2.88. The van der Waals surface area contributed by atoms with E-state index in [1.807, 2.05) is 18.2 Å². The highest BCUT2D eigenvalue weighted by Crippen LogP contribution is 2.28. The van der Waals surface area contributed by atoms with E-state index in [2.05, 4.69) is 65.7 Å². The topological polar surface area (TPSA) is 41.1 Å². The summed E-state index contributed by atoms with van der Waals surface area (Å²) < 4.78 is 0. The van der Waals surface area contributed by atoms with Crippen molar-refractivity contribution in [3.8, 4) is 11.3 Å². The third-order valence-corrected chi connectivity index (χ3v) is 4.61. The second-order valence-corrected chi connectivity index (χ2v) is 6.72. The molecule has 0 bridgehead atoms. The number of rotatable bonds is 7. The number of aromatic nitrogens is 2. The van der Waals surface area contributed by atoms with Crippen molar-refractivity contribution < 1.29 is 0 Å². The second-order valence-electron chi connectivity index (χ2n) is 6.72. The van der Waals surface area contributed by atoms with Gasteiger partial charge in [0, 0.05) is 30.8 Å². The Kier molecular flexibility index (Phi) is 4.82.